The van der Waals surface area contributed by atoms with Crippen molar-refractivity contribution >= 4 is 39.7 Å². The molecule has 0 bridgehead atoms. The molecule has 0 aliphatic carbocycles. The van der Waals surface area contributed by atoms with E-state index in [2.05, 4.69) is 10.5 Å². The number of aromatic nitrogens is 1. The third-order valence-corrected chi connectivity index (χ3v) is 7.75. The molecule has 10 nitrogen and oxygen atoms in total. The molecule has 11 heteroatoms. The molecule has 0 saturated carbocycles. The quantitative estimate of drug-likeness (QED) is 0.553. The van der Waals surface area contributed by atoms with Crippen molar-refractivity contribution in [3.05, 3.63) is 64.9 Å². The van der Waals surface area contributed by atoms with Crippen LogP contribution in [0.15, 0.2) is 50.4 Å². The van der Waals surface area contributed by atoms with Gasteiger partial charge in [0.05, 0.1) is 11.2 Å². The molecule has 0 unspecified atom stereocenters. The number of rotatable bonds is 6. The summed E-state index contributed by atoms with van der Waals surface area (Å²) in [5.41, 5.74) is 2.27. The number of carbonyl (C=O) groups is 2. The summed E-state index contributed by atoms with van der Waals surface area (Å²) >= 11 is 0. The van der Waals surface area contributed by atoms with E-state index in [4.69, 9.17) is 8.94 Å². The van der Waals surface area contributed by atoms with Gasteiger partial charge in [-0.25, -0.2) is 8.42 Å². The number of sulfonamides is 1. The molecule has 35 heavy (non-hydrogen) atoms. The average molecular weight is 499 g/mol. The van der Waals surface area contributed by atoms with E-state index >= 15 is 0 Å². The maximum atomic E-state index is 13.4. The van der Waals surface area contributed by atoms with E-state index in [-0.39, 0.29) is 48.6 Å². The number of aryl methyl sites for hydroxylation is 2. The summed E-state index contributed by atoms with van der Waals surface area (Å²) in [6, 6.07) is 8.37. The van der Waals surface area contributed by atoms with E-state index < -0.39 is 10.0 Å². The number of carbonyl (C=O) groups excluding carboxylic acids is 2. The summed E-state index contributed by atoms with van der Waals surface area (Å²) in [6.45, 7) is 5.76. The van der Waals surface area contributed by atoms with Crippen molar-refractivity contribution in [1.29, 1.82) is 0 Å². The number of benzene rings is 1. The van der Waals surface area contributed by atoms with Gasteiger partial charge < -0.3 is 19.2 Å². The van der Waals surface area contributed by atoms with E-state index in [1.165, 1.54) is 17.5 Å². The fourth-order valence-electron chi connectivity index (χ4n) is 3.83. The van der Waals surface area contributed by atoms with Crippen LogP contribution in [-0.2, 0) is 14.8 Å². The molecule has 2 aromatic heterocycles. The summed E-state index contributed by atoms with van der Waals surface area (Å²) in [5.74, 6) is 0.0950. The van der Waals surface area contributed by atoms with Crippen LogP contribution in [0.3, 0.4) is 0 Å². The molecule has 2 amide bonds. The highest BCUT2D eigenvalue weighted by molar-refractivity contribution is 7.89. The number of nitrogens with one attached hydrogen (secondary N) is 1. The maximum Gasteiger partial charge on any atom is 0.289 e. The number of nitrogens with zero attached hydrogens (tertiary/aromatic N) is 3. The fraction of sp³-hybridized carbons (Fsp3) is 0.292. The van der Waals surface area contributed by atoms with Crippen molar-refractivity contribution in [1.82, 2.24) is 14.4 Å². The van der Waals surface area contributed by atoms with Gasteiger partial charge in [-0.2, -0.15) is 4.31 Å². The minimum absolute atomic E-state index is 0.186. The Labute approximate surface area is 203 Å². The van der Waals surface area contributed by atoms with Crippen LogP contribution < -0.4 is 5.32 Å². The SMILES string of the molecule is CC(=O)Nc1c(C)noc1C=Cc1ccc(C)c(S(=O)(=O)N2CCN(C(=O)c3ccco3)CC2)c1. The fourth-order valence-corrected chi connectivity index (χ4v) is 5.51. The lowest BCUT2D eigenvalue weighted by Gasteiger charge is -2.33. The molecule has 3 aromatic rings. The first-order valence-corrected chi connectivity index (χ1v) is 12.5. The minimum atomic E-state index is -3.78. The molecule has 1 aromatic carbocycles. The van der Waals surface area contributed by atoms with Gasteiger partial charge in [-0.1, -0.05) is 23.4 Å². The highest BCUT2D eigenvalue weighted by Crippen LogP contribution is 2.26. The van der Waals surface area contributed by atoms with E-state index in [1.54, 1.807) is 61.2 Å². The van der Waals surface area contributed by atoms with Crippen LogP contribution in [0.1, 0.15) is 40.1 Å². The van der Waals surface area contributed by atoms with Gasteiger partial charge in [-0.15, -0.1) is 0 Å². The Morgan fingerprint density at radius 2 is 1.83 bits per heavy atom. The van der Waals surface area contributed by atoms with E-state index in [1.807, 2.05) is 0 Å². The Morgan fingerprint density at radius 1 is 1.09 bits per heavy atom. The molecule has 0 radical (unpaired) electrons. The Hall–Kier alpha value is -3.70. The van der Waals surface area contributed by atoms with Crippen LogP contribution in [0, 0.1) is 13.8 Å². The number of hydrogen-bond donors (Lipinski definition) is 1. The van der Waals surface area contributed by atoms with E-state index in [0.29, 0.717) is 28.3 Å². The third-order valence-electron chi connectivity index (χ3n) is 5.71. The molecule has 184 valence electrons. The molecule has 0 spiro atoms. The third kappa shape index (κ3) is 5.20. The first kappa shape index (κ1) is 24.4. The number of furan rings is 1. The summed E-state index contributed by atoms with van der Waals surface area (Å²) in [7, 11) is -3.78. The molecular weight excluding hydrogens is 472 g/mol. The molecule has 1 aliphatic heterocycles. The van der Waals surface area contributed by atoms with Gasteiger partial charge in [0.2, 0.25) is 15.9 Å². The Balaban J connectivity index is 1.51. The summed E-state index contributed by atoms with van der Waals surface area (Å²) in [5, 5.41) is 6.55. The van der Waals surface area contributed by atoms with Gasteiger partial charge in [-0.05, 0) is 49.2 Å². The summed E-state index contributed by atoms with van der Waals surface area (Å²) in [4.78, 5) is 25.7. The highest BCUT2D eigenvalue weighted by atomic mass is 32.2. The first-order chi connectivity index (χ1) is 16.7. The minimum Gasteiger partial charge on any atom is -0.459 e. The highest BCUT2D eigenvalue weighted by Gasteiger charge is 2.32. The van der Waals surface area contributed by atoms with Crippen molar-refractivity contribution in [3.8, 4) is 0 Å². The number of hydrogen-bond acceptors (Lipinski definition) is 7. The Kier molecular flexibility index (Phi) is 6.90. The zero-order valence-corrected chi connectivity index (χ0v) is 20.5. The zero-order valence-electron chi connectivity index (χ0n) is 19.6. The maximum absolute atomic E-state index is 13.4. The van der Waals surface area contributed by atoms with Crippen LogP contribution >= 0.6 is 0 Å². The second-order valence-corrected chi connectivity index (χ2v) is 10.1. The second kappa shape index (κ2) is 9.88. The van der Waals surface area contributed by atoms with Crippen molar-refractivity contribution < 1.29 is 26.9 Å². The smallest absolute Gasteiger partial charge is 0.289 e. The summed E-state index contributed by atoms with van der Waals surface area (Å²) in [6.07, 6.45) is 4.76. The number of anilines is 1. The summed E-state index contributed by atoms with van der Waals surface area (Å²) < 4.78 is 38.7. The Bertz CT molecular complexity index is 1370. The monoisotopic (exact) mass is 498 g/mol. The lowest BCUT2D eigenvalue weighted by atomic mass is 10.1. The first-order valence-electron chi connectivity index (χ1n) is 11.0. The Morgan fingerprint density at radius 3 is 2.49 bits per heavy atom. The molecule has 1 aliphatic rings. The van der Waals surface area contributed by atoms with Gasteiger partial charge in [-0.3, -0.25) is 9.59 Å². The second-order valence-electron chi connectivity index (χ2n) is 8.22. The normalized spacial score (nSPS) is 15.0. The van der Waals surface area contributed by atoms with Crippen molar-refractivity contribution in [3.63, 3.8) is 0 Å². The molecular formula is C24H26N4O6S. The van der Waals surface area contributed by atoms with Crippen LogP contribution in [-0.4, -0.2) is 60.8 Å². The molecule has 1 fully saturated rings. The lowest BCUT2D eigenvalue weighted by molar-refractivity contribution is -0.114. The standard InChI is InChI=1S/C24H26N4O6S/c1-16-6-7-19(8-9-20-23(25-18(3)29)17(2)26-34-20)15-22(16)35(31,32)28-12-10-27(11-13-28)24(30)21-5-4-14-33-21/h4-9,14-15H,10-13H2,1-3H3,(H,25,29). The van der Waals surface area contributed by atoms with Gasteiger partial charge >= 0.3 is 0 Å². The number of piperazine rings is 1. The predicted molar refractivity (Wildman–Crippen MR) is 129 cm³/mol. The molecule has 1 N–H and O–H groups in total. The molecule has 4 rings (SSSR count). The zero-order chi connectivity index (χ0) is 25.2. The molecule has 0 atom stereocenters. The van der Waals surface area contributed by atoms with Crippen molar-refractivity contribution in [2.45, 2.75) is 25.7 Å². The largest absolute Gasteiger partial charge is 0.459 e. The van der Waals surface area contributed by atoms with Crippen LogP contribution in [0.5, 0.6) is 0 Å². The van der Waals surface area contributed by atoms with E-state index in [0.717, 1.165) is 0 Å². The van der Waals surface area contributed by atoms with Gasteiger partial charge in [0, 0.05) is 33.1 Å². The van der Waals surface area contributed by atoms with Gasteiger partial charge in [0.1, 0.15) is 11.4 Å². The van der Waals surface area contributed by atoms with Gasteiger partial charge in [0.25, 0.3) is 5.91 Å². The van der Waals surface area contributed by atoms with E-state index in [9.17, 15) is 18.0 Å². The van der Waals surface area contributed by atoms with Crippen molar-refractivity contribution in [2.75, 3.05) is 31.5 Å². The predicted octanol–water partition coefficient (Wildman–Crippen LogP) is 3.16. The topological polar surface area (TPSA) is 126 Å². The number of amides is 2. The van der Waals surface area contributed by atoms with Gasteiger partial charge in [0.15, 0.2) is 11.5 Å². The molecule has 1 saturated heterocycles. The average Bonchev–Trinajstić information content (AvgIpc) is 3.49. The molecule has 3 heterocycles. The van der Waals surface area contributed by atoms with Crippen LogP contribution in [0.25, 0.3) is 12.2 Å². The van der Waals surface area contributed by atoms with Crippen LogP contribution in [0.4, 0.5) is 5.69 Å². The van der Waals surface area contributed by atoms with Crippen LogP contribution in [0.2, 0.25) is 0 Å². The van der Waals surface area contributed by atoms with Crippen molar-refractivity contribution in [2.24, 2.45) is 0 Å². The lowest BCUT2D eigenvalue weighted by Crippen LogP contribution is -2.50.